The number of rotatable bonds is 3. The van der Waals surface area contributed by atoms with Gasteiger partial charge in [0, 0.05) is 11.6 Å². The van der Waals surface area contributed by atoms with E-state index in [1.807, 2.05) is 39.1 Å². The van der Waals surface area contributed by atoms with Gasteiger partial charge in [0.05, 0.1) is 6.42 Å². The molecule has 0 unspecified atom stereocenters. The Bertz CT molecular complexity index is 572. The second-order valence-corrected chi connectivity index (χ2v) is 4.85. The fourth-order valence-electron chi connectivity index (χ4n) is 1.78. The van der Waals surface area contributed by atoms with Gasteiger partial charge < -0.3 is 5.11 Å². The summed E-state index contributed by atoms with van der Waals surface area (Å²) in [4.78, 5) is 15.2. The topological polar surface area (TPSA) is 67.5 Å². The summed E-state index contributed by atoms with van der Waals surface area (Å²) < 4.78 is 1.69. The van der Waals surface area contributed by atoms with Crippen molar-refractivity contribution in [1.29, 1.82) is 0 Å². The van der Waals surface area contributed by atoms with Crippen molar-refractivity contribution in [2.45, 2.75) is 32.6 Å². The van der Waals surface area contributed by atoms with Crippen LogP contribution >= 0.6 is 0 Å². The van der Waals surface area contributed by atoms with Crippen LogP contribution in [-0.4, -0.2) is 25.7 Å². The van der Waals surface area contributed by atoms with Crippen LogP contribution in [0.25, 0.3) is 5.65 Å². The molecule has 0 radical (unpaired) electrons. The molecule has 0 aliphatic carbocycles. The summed E-state index contributed by atoms with van der Waals surface area (Å²) in [5.74, 6) is -0.278. The van der Waals surface area contributed by atoms with E-state index in [9.17, 15) is 4.79 Å². The second-order valence-electron chi connectivity index (χ2n) is 4.85. The third-order valence-corrected chi connectivity index (χ3v) is 2.76. The van der Waals surface area contributed by atoms with Gasteiger partial charge in [-0.2, -0.15) is 5.10 Å². The fourth-order valence-corrected chi connectivity index (χ4v) is 1.78. The number of fused-ring (bicyclic) bond motifs is 1. The molecule has 2 aromatic rings. The predicted octanol–water partition coefficient (Wildman–Crippen LogP) is 1.79. The van der Waals surface area contributed by atoms with Crippen LogP contribution in [0.1, 0.15) is 31.7 Å². The molecule has 2 heterocycles. The Morgan fingerprint density at radius 2 is 2.24 bits per heavy atom. The molecule has 0 spiro atoms. The van der Waals surface area contributed by atoms with Gasteiger partial charge in [-0.15, -0.1) is 0 Å². The van der Waals surface area contributed by atoms with E-state index in [4.69, 9.17) is 5.11 Å². The summed E-state index contributed by atoms with van der Waals surface area (Å²) in [6.07, 6.45) is 1.83. The van der Waals surface area contributed by atoms with E-state index < -0.39 is 11.4 Å². The van der Waals surface area contributed by atoms with Gasteiger partial charge in [-0.25, -0.2) is 9.50 Å². The van der Waals surface area contributed by atoms with Crippen LogP contribution in [0.2, 0.25) is 0 Å². The number of pyridine rings is 1. The van der Waals surface area contributed by atoms with Crippen LogP contribution in [0.5, 0.6) is 0 Å². The first-order chi connectivity index (χ1) is 7.90. The lowest BCUT2D eigenvalue weighted by Gasteiger charge is -2.17. The van der Waals surface area contributed by atoms with Crippen LogP contribution in [-0.2, 0) is 10.2 Å². The number of carbonyl (C=O) groups is 1. The van der Waals surface area contributed by atoms with Gasteiger partial charge in [-0.1, -0.05) is 19.9 Å². The number of aryl methyl sites for hydroxylation is 1. The largest absolute Gasteiger partial charge is 0.481 e. The number of nitrogens with zero attached hydrogens (tertiary/aromatic N) is 3. The maximum Gasteiger partial charge on any atom is 0.304 e. The number of hydrogen-bond acceptors (Lipinski definition) is 3. The minimum atomic E-state index is -0.842. The van der Waals surface area contributed by atoms with Gasteiger partial charge in [0.15, 0.2) is 11.5 Å². The smallest absolute Gasteiger partial charge is 0.304 e. The Labute approximate surface area is 99.1 Å². The molecule has 0 amide bonds. The van der Waals surface area contributed by atoms with Crippen molar-refractivity contribution >= 4 is 11.6 Å². The normalized spacial score (nSPS) is 11.9. The average molecular weight is 233 g/mol. The van der Waals surface area contributed by atoms with Crippen LogP contribution < -0.4 is 0 Å². The first-order valence-electron chi connectivity index (χ1n) is 5.44. The van der Waals surface area contributed by atoms with Crippen LogP contribution in [0.4, 0.5) is 0 Å². The Morgan fingerprint density at radius 3 is 2.82 bits per heavy atom. The molecule has 17 heavy (non-hydrogen) atoms. The zero-order valence-electron chi connectivity index (χ0n) is 10.1. The van der Waals surface area contributed by atoms with Gasteiger partial charge in [0.1, 0.15) is 0 Å². The summed E-state index contributed by atoms with van der Waals surface area (Å²) >= 11 is 0. The van der Waals surface area contributed by atoms with Crippen molar-refractivity contribution < 1.29 is 9.90 Å². The minimum Gasteiger partial charge on any atom is -0.481 e. The molecule has 2 rings (SSSR count). The summed E-state index contributed by atoms with van der Waals surface area (Å²) in [6.45, 7) is 5.63. The first-order valence-corrected chi connectivity index (χ1v) is 5.44. The third kappa shape index (κ3) is 2.13. The molecule has 0 saturated carbocycles. The highest BCUT2D eigenvalue weighted by molar-refractivity contribution is 5.68. The van der Waals surface area contributed by atoms with Crippen molar-refractivity contribution in [3.63, 3.8) is 0 Å². The summed E-state index contributed by atoms with van der Waals surface area (Å²) in [7, 11) is 0. The van der Waals surface area contributed by atoms with E-state index in [2.05, 4.69) is 10.1 Å². The monoisotopic (exact) mass is 233 g/mol. The van der Waals surface area contributed by atoms with E-state index in [1.165, 1.54) is 0 Å². The molecule has 0 aliphatic rings. The van der Waals surface area contributed by atoms with Crippen LogP contribution in [0.3, 0.4) is 0 Å². The maximum atomic E-state index is 10.8. The number of aromatic nitrogens is 3. The van der Waals surface area contributed by atoms with Gasteiger partial charge in [0.2, 0.25) is 0 Å². The standard InChI is InChI=1S/C12H15N3O2/c1-8-5-4-6-15-10(8)13-11(14-15)12(2,3)7-9(16)17/h4-6H,7H2,1-3H3,(H,16,17). The Kier molecular flexibility index (Phi) is 2.61. The highest BCUT2D eigenvalue weighted by Crippen LogP contribution is 2.24. The van der Waals surface area contributed by atoms with Gasteiger partial charge >= 0.3 is 5.97 Å². The molecular formula is C12H15N3O2. The first kappa shape index (κ1) is 11.6. The molecule has 5 heteroatoms. The molecule has 0 aromatic carbocycles. The molecule has 5 nitrogen and oxygen atoms in total. The molecule has 0 atom stereocenters. The van der Waals surface area contributed by atoms with Crippen LogP contribution in [0, 0.1) is 6.92 Å². The molecule has 1 N–H and O–H groups in total. The average Bonchev–Trinajstić information content (AvgIpc) is 2.61. The van der Waals surface area contributed by atoms with E-state index in [0.29, 0.717) is 5.82 Å². The fraction of sp³-hybridized carbons (Fsp3) is 0.417. The molecule has 0 saturated heterocycles. The third-order valence-electron chi connectivity index (χ3n) is 2.76. The molecule has 0 fully saturated rings. The highest BCUT2D eigenvalue weighted by Gasteiger charge is 2.28. The van der Waals surface area contributed by atoms with Gasteiger partial charge in [0.25, 0.3) is 0 Å². The lowest BCUT2D eigenvalue weighted by molar-refractivity contribution is -0.138. The molecule has 0 bridgehead atoms. The van der Waals surface area contributed by atoms with E-state index in [1.54, 1.807) is 4.52 Å². The van der Waals surface area contributed by atoms with Crippen molar-refractivity contribution in [1.82, 2.24) is 14.6 Å². The minimum absolute atomic E-state index is 0.0168. The molecule has 2 aromatic heterocycles. The van der Waals surface area contributed by atoms with Crippen molar-refractivity contribution in [3.05, 3.63) is 29.7 Å². The zero-order valence-corrected chi connectivity index (χ0v) is 10.1. The number of carboxylic acid groups (broad SMARTS) is 1. The van der Waals surface area contributed by atoms with E-state index in [-0.39, 0.29) is 6.42 Å². The van der Waals surface area contributed by atoms with E-state index >= 15 is 0 Å². The van der Waals surface area contributed by atoms with Crippen LogP contribution in [0.15, 0.2) is 18.3 Å². The Hall–Kier alpha value is -1.91. The summed E-state index contributed by atoms with van der Waals surface area (Å²) in [5.41, 5.74) is 1.24. The zero-order chi connectivity index (χ0) is 12.6. The van der Waals surface area contributed by atoms with Crippen molar-refractivity contribution in [2.24, 2.45) is 0 Å². The second kappa shape index (κ2) is 3.84. The maximum absolute atomic E-state index is 10.8. The number of carboxylic acids is 1. The number of hydrogen-bond donors (Lipinski definition) is 1. The lowest BCUT2D eigenvalue weighted by Crippen LogP contribution is -2.23. The molecular weight excluding hydrogens is 218 g/mol. The lowest BCUT2D eigenvalue weighted by atomic mass is 9.89. The Balaban J connectivity index is 2.49. The summed E-state index contributed by atoms with van der Waals surface area (Å²) in [5, 5.41) is 13.2. The highest BCUT2D eigenvalue weighted by atomic mass is 16.4. The SMILES string of the molecule is Cc1cccn2nc(C(C)(C)CC(=O)O)nc12. The van der Waals surface area contributed by atoms with Gasteiger partial charge in [-0.3, -0.25) is 4.79 Å². The molecule has 90 valence electrons. The number of aliphatic carboxylic acids is 1. The van der Waals surface area contributed by atoms with Crippen molar-refractivity contribution in [3.8, 4) is 0 Å². The van der Waals surface area contributed by atoms with Gasteiger partial charge in [-0.05, 0) is 18.6 Å². The van der Waals surface area contributed by atoms with E-state index in [0.717, 1.165) is 11.2 Å². The van der Waals surface area contributed by atoms with Crippen molar-refractivity contribution in [2.75, 3.05) is 0 Å². The quantitative estimate of drug-likeness (QED) is 0.877. The predicted molar refractivity (Wildman–Crippen MR) is 63.0 cm³/mol. The summed E-state index contributed by atoms with van der Waals surface area (Å²) in [6, 6.07) is 3.85. The molecule has 0 aliphatic heterocycles. The Morgan fingerprint density at radius 1 is 1.53 bits per heavy atom.